The average molecular weight is 379 g/mol. The fourth-order valence-electron chi connectivity index (χ4n) is 2.30. The summed E-state index contributed by atoms with van der Waals surface area (Å²) < 4.78 is 31.8. The van der Waals surface area contributed by atoms with Gasteiger partial charge in [-0.25, -0.2) is 8.78 Å². The number of nitrogens with zero attached hydrogens (tertiary/aromatic N) is 5. The molecule has 7 nitrogen and oxygen atoms in total. The van der Waals surface area contributed by atoms with Gasteiger partial charge in [0.15, 0.2) is 16.8 Å². The Morgan fingerprint density at radius 2 is 1.85 bits per heavy atom. The van der Waals surface area contributed by atoms with E-state index in [4.69, 9.17) is 5.11 Å². The summed E-state index contributed by atoms with van der Waals surface area (Å²) in [5.41, 5.74) is 1.30. The Morgan fingerprint density at radius 3 is 2.38 bits per heavy atom. The summed E-state index contributed by atoms with van der Waals surface area (Å²) in [6.45, 7) is 1.07. The highest BCUT2D eigenvalue weighted by Crippen LogP contribution is 2.33. The van der Waals surface area contributed by atoms with Crippen molar-refractivity contribution in [2.24, 2.45) is 14.1 Å². The minimum Gasteiger partial charge on any atom is -0.388 e. The lowest BCUT2D eigenvalue weighted by atomic mass is 10.1. The Balaban J connectivity index is 1.94. The third-order valence-corrected chi connectivity index (χ3v) is 4.97. The molecular weight excluding hydrogens is 364 g/mol. The Kier molecular flexibility index (Phi) is 4.88. The average Bonchev–Trinajstić information content (AvgIpc) is 3.12. The number of carbonyl (C=O) groups excluding carboxylic acids is 1. The van der Waals surface area contributed by atoms with Gasteiger partial charge in [-0.1, -0.05) is 0 Å². The number of aliphatic hydroxyl groups excluding tert-OH is 1. The lowest BCUT2D eigenvalue weighted by Gasteiger charge is -2.07. The SMILES string of the molecule is Cc1cc(-c2nnc(Sc3c(F)cc(C(=O)CO)cc3F)n2C)nn1C. The first kappa shape index (κ1) is 18.2. The zero-order chi connectivity index (χ0) is 19.0. The van der Waals surface area contributed by atoms with E-state index in [0.717, 1.165) is 29.6 Å². The van der Waals surface area contributed by atoms with Gasteiger partial charge in [0.25, 0.3) is 0 Å². The maximum absolute atomic E-state index is 14.2. The highest BCUT2D eigenvalue weighted by Gasteiger charge is 2.20. The van der Waals surface area contributed by atoms with Crippen LogP contribution in [0.3, 0.4) is 0 Å². The standard InChI is InChI=1S/C16H15F2N5O2S/c1-8-4-12(21-23(8)3)15-19-20-16(22(15)2)26-14-10(17)5-9(6-11(14)18)13(25)7-24/h4-6,24H,7H2,1-3H3. The number of rotatable bonds is 5. The number of halogens is 2. The second-order valence-corrected chi connectivity index (χ2v) is 6.59. The van der Waals surface area contributed by atoms with Crippen LogP contribution in [0.15, 0.2) is 28.3 Å². The van der Waals surface area contributed by atoms with Crippen LogP contribution in [0.5, 0.6) is 0 Å². The van der Waals surface area contributed by atoms with Gasteiger partial charge in [0.05, 0.1) is 4.90 Å². The Labute approximate surface area is 151 Å². The summed E-state index contributed by atoms with van der Waals surface area (Å²) >= 11 is 0.753. The molecular formula is C16H15F2N5O2S. The van der Waals surface area contributed by atoms with Crippen molar-refractivity contribution in [3.05, 3.63) is 41.1 Å². The van der Waals surface area contributed by atoms with Crippen molar-refractivity contribution in [3.8, 4) is 11.5 Å². The smallest absolute Gasteiger partial charge is 0.196 e. The van der Waals surface area contributed by atoms with Gasteiger partial charge < -0.3 is 9.67 Å². The minimum atomic E-state index is -0.912. The minimum absolute atomic E-state index is 0.227. The van der Waals surface area contributed by atoms with Gasteiger partial charge in [-0.05, 0) is 36.9 Å². The van der Waals surface area contributed by atoms with E-state index in [1.807, 2.05) is 13.0 Å². The normalized spacial score (nSPS) is 11.2. The summed E-state index contributed by atoms with van der Waals surface area (Å²) in [6.07, 6.45) is 0. The van der Waals surface area contributed by atoms with Crippen LogP contribution in [0.2, 0.25) is 0 Å². The molecule has 0 atom stereocenters. The number of aryl methyl sites for hydroxylation is 2. The summed E-state index contributed by atoms with van der Waals surface area (Å²) in [5.74, 6) is -2.12. The van der Waals surface area contributed by atoms with Gasteiger partial charge in [-0.3, -0.25) is 9.48 Å². The van der Waals surface area contributed by atoms with Gasteiger partial charge in [0, 0.05) is 25.4 Å². The number of aromatic nitrogens is 5. The first-order valence-corrected chi connectivity index (χ1v) is 8.34. The molecule has 0 radical (unpaired) electrons. The molecule has 1 aromatic carbocycles. The number of carbonyl (C=O) groups is 1. The molecule has 3 rings (SSSR count). The first-order chi connectivity index (χ1) is 12.3. The molecule has 0 aliphatic rings. The van der Waals surface area contributed by atoms with Gasteiger partial charge in [-0.15, -0.1) is 10.2 Å². The largest absolute Gasteiger partial charge is 0.388 e. The molecule has 0 fully saturated rings. The summed E-state index contributed by atoms with van der Waals surface area (Å²) in [5, 5.41) is 21.4. The van der Waals surface area contributed by atoms with Crippen molar-refractivity contribution < 1.29 is 18.7 Å². The molecule has 2 aromatic heterocycles. The zero-order valence-electron chi connectivity index (χ0n) is 14.2. The fraction of sp³-hybridized carbons (Fsp3) is 0.250. The predicted octanol–water partition coefficient (Wildman–Crippen LogP) is 2.13. The van der Waals surface area contributed by atoms with Crippen LogP contribution >= 0.6 is 11.8 Å². The topological polar surface area (TPSA) is 85.8 Å². The quantitative estimate of drug-likeness (QED) is 0.684. The van der Waals surface area contributed by atoms with E-state index in [1.54, 1.807) is 23.3 Å². The molecule has 0 aliphatic carbocycles. The van der Waals surface area contributed by atoms with E-state index in [1.165, 1.54) is 0 Å². The summed E-state index contributed by atoms with van der Waals surface area (Å²) in [4.78, 5) is 11.1. The molecule has 0 saturated heterocycles. The number of hydrogen-bond donors (Lipinski definition) is 1. The van der Waals surface area contributed by atoms with Gasteiger partial charge in [0.2, 0.25) is 0 Å². The molecule has 1 N–H and O–H groups in total. The molecule has 0 unspecified atom stereocenters. The monoisotopic (exact) mass is 379 g/mol. The second kappa shape index (κ2) is 6.96. The van der Waals surface area contributed by atoms with Crippen LogP contribution < -0.4 is 0 Å². The van der Waals surface area contributed by atoms with Crippen molar-refractivity contribution in [1.82, 2.24) is 24.5 Å². The molecule has 0 spiro atoms. The van der Waals surface area contributed by atoms with Crippen molar-refractivity contribution in [2.45, 2.75) is 17.0 Å². The first-order valence-electron chi connectivity index (χ1n) is 7.53. The summed E-state index contributed by atoms with van der Waals surface area (Å²) in [6, 6.07) is 3.61. The number of hydrogen-bond acceptors (Lipinski definition) is 6. The number of aliphatic hydroxyl groups is 1. The molecule has 26 heavy (non-hydrogen) atoms. The highest BCUT2D eigenvalue weighted by molar-refractivity contribution is 7.99. The zero-order valence-corrected chi connectivity index (χ0v) is 15.0. The van der Waals surface area contributed by atoms with Crippen LogP contribution in [0.4, 0.5) is 8.78 Å². The lowest BCUT2D eigenvalue weighted by Crippen LogP contribution is -2.06. The van der Waals surface area contributed by atoms with E-state index in [9.17, 15) is 13.6 Å². The Hall–Kier alpha value is -2.59. The van der Waals surface area contributed by atoms with E-state index in [2.05, 4.69) is 15.3 Å². The van der Waals surface area contributed by atoms with E-state index < -0.39 is 24.0 Å². The van der Waals surface area contributed by atoms with Gasteiger partial charge >= 0.3 is 0 Å². The van der Waals surface area contributed by atoms with Crippen molar-refractivity contribution >= 4 is 17.5 Å². The maximum Gasteiger partial charge on any atom is 0.196 e. The molecule has 136 valence electrons. The van der Waals surface area contributed by atoms with Crippen LogP contribution in [-0.4, -0.2) is 42.0 Å². The van der Waals surface area contributed by atoms with E-state index >= 15 is 0 Å². The number of ketones is 1. The van der Waals surface area contributed by atoms with Crippen molar-refractivity contribution in [2.75, 3.05) is 6.61 Å². The number of benzene rings is 1. The van der Waals surface area contributed by atoms with Crippen LogP contribution in [-0.2, 0) is 14.1 Å². The van der Waals surface area contributed by atoms with Gasteiger partial charge in [-0.2, -0.15) is 5.10 Å². The van der Waals surface area contributed by atoms with Crippen molar-refractivity contribution in [3.63, 3.8) is 0 Å². The van der Waals surface area contributed by atoms with Crippen LogP contribution in [0.1, 0.15) is 16.1 Å². The lowest BCUT2D eigenvalue weighted by molar-refractivity contribution is 0.0902. The Bertz CT molecular complexity index is 956. The van der Waals surface area contributed by atoms with Crippen LogP contribution in [0.25, 0.3) is 11.5 Å². The molecule has 0 amide bonds. The molecule has 10 heteroatoms. The second-order valence-electron chi connectivity index (χ2n) is 5.61. The highest BCUT2D eigenvalue weighted by atomic mass is 32.2. The van der Waals surface area contributed by atoms with Crippen molar-refractivity contribution in [1.29, 1.82) is 0 Å². The predicted molar refractivity (Wildman–Crippen MR) is 89.8 cm³/mol. The molecule has 0 saturated carbocycles. The van der Waals surface area contributed by atoms with Crippen LogP contribution in [0, 0.1) is 18.6 Å². The number of Topliss-reactive ketones (excluding diaryl/α,β-unsaturated/α-hetero) is 1. The van der Waals surface area contributed by atoms with Gasteiger partial charge in [0.1, 0.15) is 23.9 Å². The maximum atomic E-state index is 14.2. The Morgan fingerprint density at radius 1 is 1.19 bits per heavy atom. The van der Waals surface area contributed by atoms with E-state index in [-0.39, 0.29) is 15.6 Å². The molecule has 3 aromatic rings. The third-order valence-electron chi connectivity index (χ3n) is 3.83. The van der Waals surface area contributed by atoms with E-state index in [0.29, 0.717) is 11.5 Å². The molecule has 0 bridgehead atoms. The molecule has 2 heterocycles. The third kappa shape index (κ3) is 3.25. The fourth-order valence-corrected chi connectivity index (χ4v) is 3.10. The summed E-state index contributed by atoms with van der Waals surface area (Å²) in [7, 11) is 3.46. The molecule has 0 aliphatic heterocycles.